The molecule has 0 spiro atoms. The Bertz CT molecular complexity index is 852. The number of hydrogen-bond acceptors (Lipinski definition) is 4. The Morgan fingerprint density at radius 2 is 1.64 bits per heavy atom. The normalized spacial score (nSPS) is 22.7. The van der Waals surface area contributed by atoms with E-state index in [0.717, 1.165) is 5.56 Å². The van der Waals surface area contributed by atoms with E-state index < -0.39 is 29.3 Å². The van der Waals surface area contributed by atoms with Gasteiger partial charge in [0.2, 0.25) is 0 Å². The van der Waals surface area contributed by atoms with Crippen LogP contribution in [0.5, 0.6) is 0 Å². The zero-order valence-electron chi connectivity index (χ0n) is 15.2. The molecule has 0 bridgehead atoms. The number of piperidine rings is 1. The molecular formula is C21H22FNO5. The van der Waals surface area contributed by atoms with Gasteiger partial charge in [-0.3, -0.25) is 9.69 Å². The lowest BCUT2D eigenvalue weighted by Crippen LogP contribution is -2.56. The van der Waals surface area contributed by atoms with Gasteiger partial charge in [-0.15, -0.1) is 0 Å². The van der Waals surface area contributed by atoms with E-state index in [0.29, 0.717) is 25.1 Å². The fourth-order valence-corrected chi connectivity index (χ4v) is 3.74. The molecule has 0 radical (unpaired) electrons. The van der Waals surface area contributed by atoms with E-state index in [-0.39, 0.29) is 18.5 Å². The molecule has 7 heteroatoms. The first-order chi connectivity index (χ1) is 13.3. The summed E-state index contributed by atoms with van der Waals surface area (Å²) >= 11 is 0. The highest BCUT2D eigenvalue weighted by atomic mass is 19.1. The molecule has 0 aliphatic carbocycles. The number of rotatable bonds is 6. The van der Waals surface area contributed by atoms with E-state index in [9.17, 15) is 24.2 Å². The molecule has 1 fully saturated rings. The maximum atomic E-state index is 13.2. The summed E-state index contributed by atoms with van der Waals surface area (Å²) in [4.78, 5) is 25.1. The van der Waals surface area contributed by atoms with Crippen LogP contribution >= 0.6 is 0 Å². The molecule has 0 aromatic heterocycles. The number of benzene rings is 2. The predicted molar refractivity (Wildman–Crippen MR) is 99.5 cm³/mol. The van der Waals surface area contributed by atoms with Crippen molar-refractivity contribution in [2.24, 2.45) is 5.41 Å². The Labute approximate surface area is 161 Å². The van der Waals surface area contributed by atoms with Crippen molar-refractivity contribution in [3.05, 3.63) is 71.0 Å². The summed E-state index contributed by atoms with van der Waals surface area (Å²) in [6.45, 7) is 1.12. The SMILES string of the molecule is O=C(O)c1ccc(CN2CC[C@H](O)[C@](Cc3ccc(F)cc3)(C(=O)O)C2)cc1. The van der Waals surface area contributed by atoms with Crippen molar-refractivity contribution in [2.75, 3.05) is 13.1 Å². The van der Waals surface area contributed by atoms with Crippen molar-refractivity contribution >= 4 is 11.9 Å². The molecule has 1 aliphatic rings. The third kappa shape index (κ3) is 4.21. The van der Waals surface area contributed by atoms with E-state index in [1.165, 1.54) is 36.4 Å². The van der Waals surface area contributed by atoms with Crippen LogP contribution in [0.2, 0.25) is 0 Å². The molecule has 1 aliphatic heterocycles. The number of hydrogen-bond donors (Lipinski definition) is 3. The van der Waals surface area contributed by atoms with Gasteiger partial charge in [0, 0.05) is 19.6 Å². The molecule has 3 rings (SSSR count). The summed E-state index contributed by atoms with van der Waals surface area (Å²) in [6, 6.07) is 12.1. The second-order valence-corrected chi connectivity index (χ2v) is 7.28. The summed E-state index contributed by atoms with van der Waals surface area (Å²) in [5.74, 6) is -2.49. The Kier molecular flexibility index (Phi) is 5.76. The standard InChI is InChI=1S/C21H22FNO5/c22-17-7-3-14(4-8-17)11-21(20(27)28)13-23(10-9-18(21)24)12-15-1-5-16(6-2-15)19(25)26/h1-8,18,24H,9-13H2,(H,25,26)(H,27,28)/t18-,21+/m0/s1. The molecule has 2 aromatic carbocycles. The van der Waals surface area contributed by atoms with Gasteiger partial charge < -0.3 is 15.3 Å². The number of carbonyl (C=O) groups is 2. The lowest BCUT2D eigenvalue weighted by molar-refractivity contribution is -0.163. The molecule has 1 saturated heterocycles. The summed E-state index contributed by atoms with van der Waals surface area (Å²) in [6.07, 6.45) is -0.612. The minimum Gasteiger partial charge on any atom is -0.481 e. The molecule has 28 heavy (non-hydrogen) atoms. The van der Waals surface area contributed by atoms with Gasteiger partial charge in [0.15, 0.2) is 0 Å². The molecule has 2 aromatic rings. The van der Waals surface area contributed by atoms with Crippen LogP contribution in [0.4, 0.5) is 4.39 Å². The number of carboxylic acids is 2. The summed E-state index contributed by atoms with van der Waals surface area (Å²) in [7, 11) is 0. The van der Waals surface area contributed by atoms with Crippen molar-refractivity contribution < 1.29 is 29.3 Å². The van der Waals surface area contributed by atoms with E-state index >= 15 is 0 Å². The molecule has 0 saturated carbocycles. The molecule has 0 amide bonds. The largest absolute Gasteiger partial charge is 0.481 e. The number of aliphatic hydroxyl groups is 1. The quantitative estimate of drug-likeness (QED) is 0.704. The van der Waals surface area contributed by atoms with E-state index in [4.69, 9.17) is 5.11 Å². The third-order valence-corrected chi connectivity index (χ3v) is 5.33. The van der Waals surface area contributed by atoms with Gasteiger partial charge in [0.25, 0.3) is 0 Å². The van der Waals surface area contributed by atoms with Gasteiger partial charge in [0.05, 0.1) is 11.7 Å². The summed E-state index contributed by atoms with van der Waals surface area (Å²) in [5.41, 5.74) is 0.309. The maximum Gasteiger partial charge on any atom is 0.335 e. The van der Waals surface area contributed by atoms with Crippen LogP contribution < -0.4 is 0 Å². The van der Waals surface area contributed by atoms with E-state index in [1.54, 1.807) is 12.1 Å². The first-order valence-corrected chi connectivity index (χ1v) is 9.01. The van der Waals surface area contributed by atoms with Gasteiger partial charge >= 0.3 is 11.9 Å². The number of halogens is 1. The van der Waals surface area contributed by atoms with Crippen molar-refractivity contribution in [1.82, 2.24) is 4.90 Å². The predicted octanol–water partition coefficient (Wildman–Crippen LogP) is 2.40. The van der Waals surface area contributed by atoms with Crippen molar-refractivity contribution in [1.29, 1.82) is 0 Å². The lowest BCUT2D eigenvalue weighted by Gasteiger charge is -2.43. The second-order valence-electron chi connectivity index (χ2n) is 7.28. The number of aliphatic carboxylic acids is 1. The van der Waals surface area contributed by atoms with Crippen LogP contribution in [0.15, 0.2) is 48.5 Å². The first kappa shape index (κ1) is 20.0. The van der Waals surface area contributed by atoms with Crippen LogP contribution in [-0.2, 0) is 17.8 Å². The van der Waals surface area contributed by atoms with Crippen LogP contribution in [0.3, 0.4) is 0 Å². The number of aliphatic hydroxyl groups excluding tert-OH is 1. The van der Waals surface area contributed by atoms with Crippen molar-refractivity contribution in [3.8, 4) is 0 Å². The monoisotopic (exact) mass is 387 g/mol. The van der Waals surface area contributed by atoms with E-state index in [2.05, 4.69) is 0 Å². The molecule has 1 heterocycles. The molecule has 2 atom stereocenters. The number of nitrogens with zero attached hydrogens (tertiary/aromatic N) is 1. The maximum absolute atomic E-state index is 13.2. The average molecular weight is 387 g/mol. The van der Waals surface area contributed by atoms with Gasteiger partial charge in [-0.05, 0) is 48.2 Å². The van der Waals surface area contributed by atoms with Crippen molar-refractivity contribution in [3.63, 3.8) is 0 Å². The fourth-order valence-electron chi connectivity index (χ4n) is 3.74. The molecular weight excluding hydrogens is 365 g/mol. The van der Waals surface area contributed by atoms with E-state index in [1.807, 2.05) is 4.90 Å². The van der Waals surface area contributed by atoms with Crippen LogP contribution in [-0.4, -0.2) is 51.4 Å². The van der Waals surface area contributed by atoms with Gasteiger partial charge in [-0.25, -0.2) is 9.18 Å². The van der Waals surface area contributed by atoms with Gasteiger partial charge in [0.1, 0.15) is 11.2 Å². The highest BCUT2D eigenvalue weighted by molar-refractivity contribution is 5.87. The summed E-state index contributed by atoms with van der Waals surface area (Å²) in [5, 5.41) is 29.5. The molecule has 6 nitrogen and oxygen atoms in total. The number of carboxylic acid groups (broad SMARTS) is 2. The third-order valence-electron chi connectivity index (χ3n) is 5.33. The highest BCUT2D eigenvalue weighted by Crippen LogP contribution is 2.35. The minimum absolute atomic E-state index is 0.0955. The minimum atomic E-state index is -1.39. The van der Waals surface area contributed by atoms with Crippen LogP contribution in [0, 0.1) is 11.2 Å². The highest BCUT2D eigenvalue weighted by Gasteiger charge is 2.49. The fraction of sp³-hybridized carbons (Fsp3) is 0.333. The zero-order chi connectivity index (χ0) is 20.3. The number of aromatic carboxylic acids is 1. The van der Waals surface area contributed by atoms with Crippen LogP contribution in [0.25, 0.3) is 0 Å². The van der Waals surface area contributed by atoms with Gasteiger partial charge in [-0.1, -0.05) is 24.3 Å². The number of likely N-dealkylation sites (tertiary alicyclic amines) is 1. The summed E-state index contributed by atoms with van der Waals surface area (Å²) < 4.78 is 13.2. The topological polar surface area (TPSA) is 98.1 Å². The smallest absolute Gasteiger partial charge is 0.335 e. The molecule has 0 unspecified atom stereocenters. The Balaban J connectivity index is 1.79. The average Bonchev–Trinajstić information content (AvgIpc) is 2.66. The Morgan fingerprint density at radius 3 is 2.21 bits per heavy atom. The second kappa shape index (κ2) is 8.08. The molecule has 148 valence electrons. The molecule has 3 N–H and O–H groups in total. The first-order valence-electron chi connectivity index (χ1n) is 9.01. The lowest BCUT2D eigenvalue weighted by atomic mass is 9.72. The van der Waals surface area contributed by atoms with Crippen LogP contribution in [0.1, 0.15) is 27.9 Å². The Hall–Kier alpha value is -2.77. The van der Waals surface area contributed by atoms with Gasteiger partial charge in [-0.2, -0.15) is 0 Å². The zero-order valence-corrected chi connectivity index (χ0v) is 15.2. The Morgan fingerprint density at radius 1 is 1.04 bits per heavy atom. The van der Waals surface area contributed by atoms with Crippen molar-refractivity contribution in [2.45, 2.75) is 25.5 Å².